The highest BCUT2D eigenvalue weighted by Gasteiger charge is 2.32. The van der Waals surface area contributed by atoms with E-state index in [1.54, 1.807) is 0 Å². The summed E-state index contributed by atoms with van der Waals surface area (Å²) in [6.07, 6.45) is 1.09. The SMILES string of the molecule is CC.CCN(C)CC(N)(CC(=O)OC(C)(C)C)CC(C)C. The Morgan fingerprint density at radius 1 is 1.24 bits per heavy atom. The smallest absolute Gasteiger partial charge is 0.308 e. The first-order valence-corrected chi connectivity index (χ1v) is 8.16. The molecule has 0 saturated carbocycles. The lowest BCUT2D eigenvalue weighted by molar-refractivity contribution is -0.156. The molecule has 0 aliphatic carbocycles. The highest BCUT2D eigenvalue weighted by atomic mass is 16.6. The van der Waals surface area contributed by atoms with Gasteiger partial charge in [0.05, 0.1) is 6.42 Å². The quantitative estimate of drug-likeness (QED) is 0.732. The lowest BCUT2D eigenvalue weighted by atomic mass is 9.86. The first kappa shape index (κ1) is 22.7. The second-order valence-electron chi connectivity index (χ2n) is 7.05. The molecule has 0 aromatic carbocycles. The summed E-state index contributed by atoms with van der Waals surface area (Å²) >= 11 is 0. The lowest BCUT2D eigenvalue weighted by Crippen LogP contribution is -2.52. The molecule has 0 aliphatic heterocycles. The molecule has 0 aromatic rings. The molecular weight excluding hydrogens is 264 g/mol. The Kier molecular flexibility index (Phi) is 11.0. The van der Waals surface area contributed by atoms with Gasteiger partial charge in [-0.05, 0) is 46.7 Å². The average molecular weight is 303 g/mol. The zero-order valence-electron chi connectivity index (χ0n) is 15.7. The van der Waals surface area contributed by atoms with Gasteiger partial charge in [0.2, 0.25) is 0 Å². The van der Waals surface area contributed by atoms with Crippen LogP contribution in [0, 0.1) is 5.92 Å². The lowest BCUT2D eigenvalue weighted by Gasteiger charge is -2.35. The standard InChI is InChI=1S/C15H32N2O2.C2H6/c1-8-17(7)11-15(16,9-12(2)3)10-13(18)19-14(4,5)6;1-2/h12H,8-11,16H2,1-7H3;1-2H3. The number of nitrogens with two attached hydrogens (primary N) is 1. The highest BCUT2D eigenvalue weighted by molar-refractivity contribution is 5.71. The summed E-state index contributed by atoms with van der Waals surface area (Å²) in [5.74, 6) is 0.248. The van der Waals surface area contributed by atoms with Crippen LogP contribution in [0.2, 0.25) is 0 Å². The van der Waals surface area contributed by atoms with Gasteiger partial charge in [-0.2, -0.15) is 0 Å². The molecule has 0 heterocycles. The normalized spacial score (nSPS) is 14.5. The van der Waals surface area contributed by atoms with Gasteiger partial charge < -0.3 is 15.4 Å². The van der Waals surface area contributed by atoms with Gasteiger partial charge in [-0.25, -0.2) is 0 Å². The Morgan fingerprint density at radius 2 is 1.71 bits per heavy atom. The molecular formula is C17H38N2O2. The average Bonchev–Trinajstić information content (AvgIpc) is 2.26. The van der Waals surface area contributed by atoms with Crippen LogP contribution in [0.1, 0.15) is 68.2 Å². The molecule has 0 aliphatic rings. The topological polar surface area (TPSA) is 55.6 Å². The van der Waals surface area contributed by atoms with Gasteiger partial charge in [0.15, 0.2) is 0 Å². The van der Waals surface area contributed by atoms with E-state index in [4.69, 9.17) is 10.5 Å². The summed E-state index contributed by atoms with van der Waals surface area (Å²) in [5.41, 5.74) is 5.49. The molecule has 0 fully saturated rings. The van der Waals surface area contributed by atoms with E-state index in [2.05, 4.69) is 25.7 Å². The summed E-state index contributed by atoms with van der Waals surface area (Å²) in [6, 6.07) is 0. The Morgan fingerprint density at radius 3 is 2.05 bits per heavy atom. The third kappa shape index (κ3) is 12.8. The molecule has 128 valence electrons. The van der Waals surface area contributed by atoms with E-state index >= 15 is 0 Å². The van der Waals surface area contributed by atoms with E-state index in [1.807, 2.05) is 41.7 Å². The van der Waals surface area contributed by atoms with Crippen LogP contribution in [0.5, 0.6) is 0 Å². The van der Waals surface area contributed by atoms with Crippen molar-refractivity contribution in [1.29, 1.82) is 0 Å². The first-order valence-electron chi connectivity index (χ1n) is 8.16. The third-order valence-electron chi connectivity index (χ3n) is 2.86. The summed E-state index contributed by atoms with van der Waals surface area (Å²) in [4.78, 5) is 14.2. The van der Waals surface area contributed by atoms with Crippen LogP contribution in [0.15, 0.2) is 0 Å². The first-order chi connectivity index (χ1) is 9.47. The summed E-state index contributed by atoms with van der Waals surface area (Å²) in [6.45, 7) is 17.6. The Hall–Kier alpha value is -0.610. The third-order valence-corrected chi connectivity index (χ3v) is 2.86. The zero-order chi connectivity index (χ0) is 17.3. The van der Waals surface area contributed by atoms with Crippen LogP contribution in [0.3, 0.4) is 0 Å². The number of hydrogen-bond donors (Lipinski definition) is 1. The molecule has 0 saturated heterocycles. The number of rotatable bonds is 7. The molecule has 2 N–H and O–H groups in total. The number of hydrogen-bond acceptors (Lipinski definition) is 4. The zero-order valence-corrected chi connectivity index (χ0v) is 15.7. The Balaban J connectivity index is 0. The van der Waals surface area contributed by atoms with Gasteiger partial charge in [0.25, 0.3) is 0 Å². The minimum Gasteiger partial charge on any atom is -0.460 e. The molecule has 0 radical (unpaired) electrons. The van der Waals surface area contributed by atoms with Gasteiger partial charge in [-0.1, -0.05) is 34.6 Å². The van der Waals surface area contributed by atoms with Crippen molar-refractivity contribution in [2.45, 2.75) is 79.4 Å². The van der Waals surface area contributed by atoms with Gasteiger partial charge >= 0.3 is 5.97 Å². The molecule has 0 rings (SSSR count). The van der Waals surface area contributed by atoms with Gasteiger partial charge in [-0.15, -0.1) is 0 Å². The number of likely N-dealkylation sites (N-methyl/N-ethyl adjacent to an activating group) is 1. The van der Waals surface area contributed by atoms with Crippen LogP contribution in [0.4, 0.5) is 0 Å². The largest absolute Gasteiger partial charge is 0.460 e. The number of carbonyl (C=O) groups excluding carboxylic acids is 1. The van der Waals surface area contributed by atoms with Gasteiger partial charge in [0.1, 0.15) is 5.60 Å². The predicted octanol–water partition coefficient (Wildman–Crippen LogP) is 3.44. The number of carbonyl (C=O) groups is 1. The molecule has 0 spiro atoms. The molecule has 0 aromatic heterocycles. The van der Waals surface area contributed by atoms with Crippen molar-refractivity contribution >= 4 is 5.97 Å². The van der Waals surface area contributed by atoms with Crippen LogP contribution in [-0.2, 0) is 9.53 Å². The van der Waals surface area contributed by atoms with Crippen molar-refractivity contribution in [3.05, 3.63) is 0 Å². The maximum absolute atomic E-state index is 12.0. The van der Waals surface area contributed by atoms with E-state index < -0.39 is 11.1 Å². The molecule has 4 heteroatoms. The van der Waals surface area contributed by atoms with E-state index in [-0.39, 0.29) is 12.4 Å². The van der Waals surface area contributed by atoms with Crippen molar-refractivity contribution in [3.63, 3.8) is 0 Å². The van der Waals surface area contributed by atoms with Crippen LogP contribution in [-0.4, -0.2) is 42.1 Å². The molecule has 1 atom stereocenters. The maximum atomic E-state index is 12.0. The number of ether oxygens (including phenoxy) is 1. The van der Waals surface area contributed by atoms with Gasteiger partial charge in [-0.3, -0.25) is 4.79 Å². The fraction of sp³-hybridized carbons (Fsp3) is 0.941. The second kappa shape index (κ2) is 10.2. The fourth-order valence-electron chi connectivity index (χ4n) is 2.32. The van der Waals surface area contributed by atoms with Crippen LogP contribution >= 0.6 is 0 Å². The van der Waals surface area contributed by atoms with E-state index in [0.29, 0.717) is 12.5 Å². The second-order valence-corrected chi connectivity index (χ2v) is 7.05. The fourth-order valence-corrected chi connectivity index (χ4v) is 2.32. The van der Waals surface area contributed by atoms with Crippen LogP contribution in [0.25, 0.3) is 0 Å². The summed E-state index contributed by atoms with van der Waals surface area (Å²) in [7, 11) is 2.02. The van der Waals surface area contributed by atoms with E-state index in [1.165, 1.54) is 0 Å². The number of nitrogens with zero attached hydrogens (tertiary/aromatic N) is 1. The summed E-state index contributed by atoms with van der Waals surface area (Å²) in [5, 5.41) is 0. The monoisotopic (exact) mass is 302 g/mol. The minimum absolute atomic E-state index is 0.208. The van der Waals surface area contributed by atoms with Crippen molar-refractivity contribution in [3.8, 4) is 0 Å². The van der Waals surface area contributed by atoms with Crippen molar-refractivity contribution in [1.82, 2.24) is 4.90 Å². The summed E-state index contributed by atoms with van der Waals surface area (Å²) < 4.78 is 5.39. The molecule has 4 nitrogen and oxygen atoms in total. The molecule has 0 amide bonds. The molecule has 0 bridgehead atoms. The predicted molar refractivity (Wildman–Crippen MR) is 91.4 cm³/mol. The van der Waals surface area contributed by atoms with Crippen molar-refractivity contribution in [2.75, 3.05) is 20.1 Å². The molecule has 21 heavy (non-hydrogen) atoms. The molecule has 1 unspecified atom stereocenters. The maximum Gasteiger partial charge on any atom is 0.308 e. The Bertz CT molecular complexity index is 285. The minimum atomic E-state index is -0.513. The van der Waals surface area contributed by atoms with Crippen LogP contribution < -0.4 is 5.73 Å². The van der Waals surface area contributed by atoms with Crippen molar-refractivity contribution < 1.29 is 9.53 Å². The van der Waals surface area contributed by atoms with E-state index in [0.717, 1.165) is 13.0 Å². The van der Waals surface area contributed by atoms with Crippen molar-refractivity contribution in [2.24, 2.45) is 11.7 Å². The van der Waals surface area contributed by atoms with E-state index in [9.17, 15) is 4.79 Å². The Labute approximate surface area is 132 Å². The number of esters is 1. The van der Waals surface area contributed by atoms with Gasteiger partial charge in [0, 0.05) is 12.1 Å². The highest BCUT2D eigenvalue weighted by Crippen LogP contribution is 2.21.